The number of fused-ring (bicyclic) bond motifs is 3. The molecule has 6 aromatic rings. The number of aliphatic hydroxyl groups is 1. The second-order valence-electron chi connectivity index (χ2n) is 17.0. The summed E-state index contributed by atoms with van der Waals surface area (Å²) in [6, 6.07) is 23.9. The number of rotatable bonds is 11. The number of aromatic nitrogens is 1. The number of carbonyl (C=O) groups excluding carboxylic acids is 1. The van der Waals surface area contributed by atoms with Gasteiger partial charge in [0.25, 0.3) is 0 Å². The monoisotopic (exact) mass is 951 g/mol. The van der Waals surface area contributed by atoms with E-state index in [2.05, 4.69) is 113 Å². The molecule has 0 amide bonds. The Labute approximate surface area is 352 Å². The fraction of sp³-hybridized carbons (Fsp3) is 0.429. The molecule has 0 atom stereocenters. The molecule has 3 nitrogen and oxygen atoms in total. The van der Waals surface area contributed by atoms with Gasteiger partial charge in [-0.25, -0.2) is 0 Å². The van der Waals surface area contributed by atoms with Gasteiger partial charge in [0.2, 0.25) is 0 Å². The summed E-state index contributed by atoms with van der Waals surface area (Å²) in [5, 5.41) is 19.7. The van der Waals surface area contributed by atoms with Gasteiger partial charge in [-0.05, 0) is 89.4 Å². The molecule has 3 heterocycles. The van der Waals surface area contributed by atoms with Crippen LogP contribution in [0.2, 0.25) is 0 Å². The molecule has 0 aliphatic rings. The summed E-state index contributed by atoms with van der Waals surface area (Å²) in [5.41, 5.74) is 8.13. The fourth-order valence-corrected chi connectivity index (χ4v) is 9.06. The summed E-state index contributed by atoms with van der Waals surface area (Å²) >= 11 is 3.61. The van der Waals surface area contributed by atoms with Crippen LogP contribution in [-0.2, 0) is 36.7 Å². The van der Waals surface area contributed by atoms with Crippen LogP contribution in [-0.4, -0.2) is 15.9 Å². The number of pyridine rings is 1. The van der Waals surface area contributed by atoms with Crippen LogP contribution in [0.1, 0.15) is 119 Å². The van der Waals surface area contributed by atoms with Crippen molar-refractivity contribution < 1.29 is 30.0 Å². The summed E-state index contributed by atoms with van der Waals surface area (Å²) in [6.07, 6.45) is 5.86. The van der Waals surface area contributed by atoms with Crippen LogP contribution < -0.4 is 0 Å². The molecule has 3 aromatic heterocycles. The SMILES string of the molecule is CCC(C)(CC)C(=O)/C=C(\O)C(C)(CC)CC.Cc1csc2nc(-c3[c-]c4ccccc4c(C(C)(C)C)c3)cc(-c3ccc(CC(C)C)c4sccc34)c12.[Ir]. The molecule has 6 rings (SSSR count). The smallest absolute Gasteiger partial charge is 0.164 e. The normalized spacial score (nSPS) is 12.6. The zero-order valence-electron chi connectivity index (χ0n) is 35.0. The summed E-state index contributed by atoms with van der Waals surface area (Å²) in [7, 11) is 0. The molecule has 0 saturated carbocycles. The van der Waals surface area contributed by atoms with Crippen LogP contribution in [0.3, 0.4) is 0 Å². The van der Waals surface area contributed by atoms with Crippen molar-refractivity contribution >= 4 is 59.5 Å². The van der Waals surface area contributed by atoms with Gasteiger partial charge in [-0.2, -0.15) is 0 Å². The van der Waals surface area contributed by atoms with Crippen LogP contribution in [0.15, 0.2) is 77.2 Å². The minimum Gasteiger partial charge on any atom is -0.512 e. The molecule has 0 saturated heterocycles. The number of carbonyl (C=O) groups is 1. The Balaban J connectivity index is 0.000000320. The van der Waals surface area contributed by atoms with Crippen molar-refractivity contribution in [2.24, 2.45) is 16.7 Å². The van der Waals surface area contributed by atoms with E-state index in [4.69, 9.17) is 4.98 Å². The minimum absolute atomic E-state index is 0. The van der Waals surface area contributed by atoms with E-state index in [1.807, 2.05) is 52.9 Å². The van der Waals surface area contributed by atoms with Gasteiger partial charge in [0.1, 0.15) is 10.6 Å². The number of thiophene rings is 2. The van der Waals surface area contributed by atoms with Crippen LogP contribution in [0, 0.1) is 29.7 Å². The fourth-order valence-electron chi connectivity index (χ4n) is 7.17. The molecule has 1 radical (unpaired) electrons. The average molecular weight is 951 g/mol. The Bertz CT molecular complexity index is 2290. The number of nitrogens with zero attached hydrogens (tertiary/aromatic N) is 1. The summed E-state index contributed by atoms with van der Waals surface area (Å²) in [4.78, 5) is 18.5. The Morgan fingerprint density at radius 3 is 2.13 bits per heavy atom. The van der Waals surface area contributed by atoms with Crippen molar-refractivity contribution in [3.63, 3.8) is 0 Å². The van der Waals surface area contributed by atoms with E-state index in [0.717, 1.165) is 53.6 Å². The molecule has 295 valence electrons. The molecule has 0 spiro atoms. The topological polar surface area (TPSA) is 50.2 Å². The predicted molar refractivity (Wildman–Crippen MR) is 237 cm³/mol. The van der Waals surface area contributed by atoms with Gasteiger partial charge in [0.15, 0.2) is 5.78 Å². The largest absolute Gasteiger partial charge is 0.512 e. The summed E-state index contributed by atoms with van der Waals surface area (Å²) in [6.45, 7) is 25.8. The van der Waals surface area contributed by atoms with E-state index in [9.17, 15) is 9.90 Å². The van der Waals surface area contributed by atoms with Crippen molar-refractivity contribution in [1.82, 2.24) is 4.98 Å². The number of benzene rings is 3. The molecular weight excluding hydrogens is 891 g/mol. The first kappa shape index (κ1) is 44.6. The third kappa shape index (κ3) is 9.36. The third-order valence-corrected chi connectivity index (χ3v) is 13.8. The van der Waals surface area contributed by atoms with Crippen molar-refractivity contribution in [3.8, 4) is 22.4 Å². The van der Waals surface area contributed by atoms with Crippen LogP contribution in [0.4, 0.5) is 0 Å². The van der Waals surface area contributed by atoms with E-state index in [1.165, 1.54) is 54.8 Å². The number of aryl methyl sites for hydroxylation is 1. The predicted octanol–water partition coefficient (Wildman–Crippen LogP) is 15.3. The van der Waals surface area contributed by atoms with Gasteiger partial charge in [-0.1, -0.05) is 124 Å². The van der Waals surface area contributed by atoms with Crippen molar-refractivity contribution in [2.75, 3.05) is 0 Å². The van der Waals surface area contributed by atoms with Crippen molar-refractivity contribution in [3.05, 3.63) is 99.9 Å². The van der Waals surface area contributed by atoms with Gasteiger partial charge in [0.05, 0.1) is 0 Å². The van der Waals surface area contributed by atoms with Gasteiger partial charge < -0.3 is 5.11 Å². The van der Waals surface area contributed by atoms with Crippen molar-refractivity contribution in [2.45, 2.75) is 121 Å². The summed E-state index contributed by atoms with van der Waals surface area (Å²) < 4.78 is 1.41. The Morgan fingerprint density at radius 1 is 0.855 bits per heavy atom. The molecule has 3 aromatic carbocycles. The Kier molecular flexibility index (Phi) is 14.6. The first-order chi connectivity index (χ1) is 25.5. The van der Waals surface area contributed by atoms with Gasteiger partial charge >= 0.3 is 0 Å². The number of hydrogen-bond donors (Lipinski definition) is 1. The van der Waals surface area contributed by atoms with E-state index >= 15 is 0 Å². The number of ketones is 1. The molecule has 0 unspecified atom stereocenters. The molecular formula is C49H60IrNO2S2-. The van der Waals surface area contributed by atoms with E-state index in [1.54, 1.807) is 11.3 Å². The molecule has 55 heavy (non-hydrogen) atoms. The van der Waals surface area contributed by atoms with Crippen molar-refractivity contribution in [1.29, 1.82) is 0 Å². The molecule has 0 bridgehead atoms. The summed E-state index contributed by atoms with van der Waals surface area (Å²) in [5.74, 6) is 0.920. The minimum atomic E-state index is -0.337. The molecule has 0 aliphatic carbocycles. The Hall–Kier alpha value is -3.15. The number of allylic oxidation sites excluding steroid dienone is 2. The van der Waals surface area contributed by atoms with Crippen LogP contribution >= 0.6 is 22.7 Å². The van der Waals surface area contributed by atoms with Crippen LogP contribution in [0.25, 0.3) is 53.5 Å². The zero-order valence-corrected chi connectivity index (χ0v) is 39.0. The first-order valence-corrected chi connectivity index (χ1v) is 21.6. The quantitative estimate of drug-likeness (QED) is 0.0800. The van der Waals surface area contributed by atoms with Crippen LogP contribution in [0.5, 0.6) is 0 Å². The standard InChI is InChI=1S/C34H32NS2.C15H28O2.Ir/c1-20(2)15-23-11-12-26(27-13-14-36-32(23)27)28-18-30(35-33-31(28)21(3)19-37-33)24-16-22-9-7-8-10-25(22)29(17-24)34(4,5)6;1-7-14(5,8-2)12(16)11-13(17)15(6,9-3)10-4;/h7-14,17-20H,15H2,1-6H3;11,16H,7-10H2,1-6H3;/q-1;;/b;12-11-;. The molecule has 6 heteroatoms. The number of aliphatic hydroxyl groups excluding tert-OH is 1. The average Bonchev–Trinajstić information content (AvgIpc) is 3.80. The van der Waals surface area contributed by atoms with Gasteiger partial charge in [-0.15, -0.1) is 51.8 Å². The Morgan fingerprint density at radius 2 is 1.51 bits per heavy atom. The number of hydrogen-bond acceptors (Lipinski definition) is 5. The second kappa shape index (κ2) is 18.0. The molecule has 0 aliphatic heterocycles. The maximum absolute atomic E-state index is 12.2. The molecule has 1 N–H and O–H groups in total. The second-order valence-corrected chi connectivity index (χ2v) is 18.8. The van der Waals surface area contributed by atoms with E-state index < -0.39 is 0 Å². The van der Waals surface area contributed by atoms with E-state index in [-0.39, 0.29) is 47.9 Å². The van der Waals surface area contributed by atoms with Gasteiger partial charge in [-0.3, -0.25) is 9.78 Å². The maximum atomic E-state index is 12.2. The molecule has 0 fully saturated rings. The first-order valence-electron chi connectivity index (χ1n) is 19.8. The van der Waals surface area contributed by atoms with E-state index in [0.29, 0.717) is 5.92 Å². The maximum Gasteiger partial charge on any atom is 0.164 e. The third-order valence-electron chi connectivity index (χ3n) is 11.8. The van der Waals surface area contributed by atoms with Gasteiger partial charge in [0, 0.05) is 58.2 Å². The zero-order chi connectivity index (χ0) is 39.6.